The van der Waals surface area contributed by atoms with Gasteiger partial charge in [0.05, 0.1) is 5.25 Å². The van der Waals surface area contributed by atoms with Gasteiger partial charge in [0.1, 0.15) is 6.07 Å². The first-order valence-electron chi connectivity index (χ1n) is 5.10. The van der Waals surface area contributed by atoms with Crippen molar-refractivity contribution in [3.8, 4) is 6.07 Å². The van der Waals surface area contributed by atoms with Crippen LogP contribution in [0.5, 0.6) is 0 Å². The van der Waals surface area contributed by atoms with Crippen LogP contribution in [-0.4, -0.2) is 43.2 Å². The Morgan fingerprint density at radius 3 is 2.59 bits per heavy atom. The van der Waals surface area contributed by atoms with Crippen LogP contribution in [0.15, 0.2) is 6.07 Å². The lowest BCUT2D eigenvalue weighted by atomic mass is 10.1. The van der Waals surface area contributed by atoms with Gasteiger partial charge in [-0.05, 0) is 18.6 Å². The third-order valence-corrected chi connectivity index (χ3v) is 4.34. The Bertz CT molecular complexity index is 585. The Balaban J connectivity index is 2.15. The average Bonchev–Trinajstić information content (AvgIpc) is 2.16. The maximum Gasteiger partial charge on any atom is 0.163 e. The zero-order valence-corrected chi connectivity index (χ0v) is 10.4. The van der Waals surface area contributed by atoms with Gasteiger partial charge >= 0.3 is 0 Å². The first-order valence-corrected chi connectivity index (χ1v) is 7.05. The van der Waals surface area contributed by atoms with Crippen LogP contribution in [0, 0.1) is 18.3 Å². The fourth-order valence-electron chi connectivity index (χ4n) is 1.73. The van der Waals surface area contributed by atoms with E-state index in [-0.39, 0.29) is 10.9 Å². The van der Waals surface area contributed by atoms with Crippen molar-refractivity contribution in [2.45, 2.75) is 12.2 Å². The molecule has 1 aliphatic rings. The van der Waals surface area contributed by atoms with Crippen LogP contribution in [-0.2, 0) is 9.84 Å². The van der Waals surface area contributed by atoms with Crippen LogP contribution in [0.4, 0.5) is 5.82 Å². The molecule has 0 spiro atoms. The van der Waals surface area contributed by atoms with Gasteiger partial charge in [0.15, 0.2) is 21.3 Å². The Morgan fingerprint density at radius 2 is 2.12 bits per heavy atom. The molecule has 1 aromatic rings. The molecule has 1 aliphatic heterocycles. The van der Waals surface area contributed by atoms with Crippen molar-refractivity contribution in [3.05, 3.63) is 17.3 Å². The highest BCUT2D eigenvalue weighted by atomic mass is 32.2. The molecule has 1 aromatic heterocycles. The summed E-state index contributed by atoms with van der Waals surface area (Å²) in [6.07, 6.45) is 1.24. The van der Waals surface area contributed by atoms with E-state index in [1.807, 2.05) is 17.9 Å². The quantitative estimate of drug-likeness (QED) is 0.730. The van der Waals surface area contributed by atoms with Crippen LogP contribution in [0.2, 0.25) is 0 Å². The molecule has 0 atom stereocenters. The Kier molecular flexibility index (Phi) is 2.75. The van der Waals surface area contributed by atoms with Crippen molar-refractivity contribution >= 4 is 15.7 Å². The lowest BCUT2D eigenvalue weighted by Gasteiger charge is -2.39. The molecule has 0 bridgehead atoms. The lowest BCUT2D eigenvalue weighted by molar-refractivity contribution is 0.542. The summed E-state index contributed by atoms with van der Waals surface area (Å²) in [6.45, 7) is 2.72. The van der Waals surface area contributed by atoms with Gasteiger partial charge in [0, 0.05) is 19.3 Å². The van der Waals surface area contributed by atoms with E-state index in [0.29, 0.717) is 18.9 Å². The lowest BCUT2D eigenvalue weighted by Crippen LogP contribution is -2.55. The van der Waals surface area contributed by atoms with E-state index in [1.165, 1.54) is 6.26 Å². The first-order chi connectivity index (χ1) is 7.91. The van der Waals surface area contributed by atoms with Crippen molar-refractivity contribution in [2.24, 2.45) is 0 Å². The third kappa shape index (κ3) is 2.22. The maximum atomic E-state index is 11.3. The standard InChI is InChI=1S/C10H12N4O2S/c1-7-3-8(4-11)12-13-10(7)14-5-9(6-14)17(2,15)16/h3,9H,5-6H2,1-2H3. The van der Waals surface area contributed by atoms with Crippen LogP contribution in [0.1, 0.15) is 11.3 Å². The number of anilines is 1. The van der Waals surface area contributed by atoms with Gasteiger partial charge in [-0.3, -0.25) is 0 Å². The molecule has 7 heteroatoms. The minimum absolute atomic E-state index is 0.270. The fraction of sp³-hybridized carbons (Fsp3) is 0.500. The van der Waals surface area contributed by atoms with Gasteiger partial charge in [0.25, 0.3) is 0 Å². The number of aryl methyl sites for hydroxylation is 1. The molecule has 90 valence electrons. The molecule has 1 saturated heterocycles. The van der Waals surface area contributed by atoms with E-state index in [2.05, 4.69) is 10.2 Å². The molecule has 2 heterocycles. The summed E-state index contributed by atoms with van der Waals surface area (Å²) >= 11 is 0. The molecule has 2 rings (SSSR count). The highest BCUT2D eigenvalue weighted by Crippen LogP contribution is 2.24. The van der Waals surface area contributed by atoms with Crippen LogP contribution >= 0.6 is 0 Å². The van der Waals surface area contributed by atoms with E-state index >= 15 is 0 Å². The molecular formula is C10H12N4O2S. The predicted octanol–water partition coefficient (Wildman–Crippen LogP) is -0.110. The molecule has 0 N–H and O–H groups in total. The number of rotatable bonds is 2. The highest BCUT2D eigenvalue weighted by Gasteiger charge is 2.35. The summed E-state index contributed by atoms with van der Waals surface area (Å²) in [7, 11) is -2.97. The van der Waals surface area contributed by atoms with Gasteiger partial charge in [-0.15, -0.1) is 10.2 Å². The van der Waals surface area contributed by atoms with Gasteiger partial charge < -0.3 is 4.90 Å². The van der Waals surface area contributed by atoms with Crippen molar-refractivity contribution in [1.82, 2.24) is 10.2 Å². The number of hydrogen-bond acceptors (Lipinski definition) is 6. The van der Waals surface area contributed by atoms with E-state index in [4.69, 9.17) is 5.26 Å². The number of aromatic nitrogens is 2. The molecule has 0 radical (unpaired) electrons. The van der Waals surface area contributed by atoms with Gasteiger partial charge in [0.2, 0.25) is 0 Å². The summed E-state index contributed by atoms with van der Waals surface area (Å²) < 4.78 is 22.5. The maximum absolute atomic E-state index is 11.3. The van der Waals surface area contributed by atoms with Crippen LogP contribution < -0.4 is 4.90 Å². The molecule has 17 heavy (non-hydrogen) atoms. The highest BCUT2D eigenvalue weighted by molar-refractivity contribution is 7.91. The predicted molar refractivity (Wildman–Crippen MR) is 62.3 cm³/mol. The first kappa shape index (κ1) is 11.8. The van der Waals surface area contributed by atoms with Gasteiger partial charge in [-0.2, -0.15) is 5.26 Å². The molecule has 0 aromatic carbocycles. The molecular weight excluding hydrogens is 240 g/mol. The van der Waals surface area contributed by atoms with Crippen molar-refractivity contribution in [1.29, 1.82) is 5.26 Å². The summed E-state index contributed by atoms with van der Waals surface area (Å²) in [5.41, 5.74) is 1.11. The second kappa shape index (κ2) is 3.96. The monoisotopic (exact) mass is 252 g/mol. The topological polar surface area (TPSA) is 86.9 Å². The Morgan fingerprint density at radius 1 is 1.47 bits per heavy atom. The Hall–Kier alpha value is -1.68. The van der Waals surface area contributed by atoms with Crippen LogP contribution in [0.3, 0.4) is 0 Å². The normalized spacial score (nSPS) is 16.4. The van der Waals surface area contributed by atoms with E-state index < -0.39 is 9.84 Å². The summed E-state index contributed by atoms with van der Waals surface area (Å²) in [4.78, 5) is 1.86. The SMILES string of the molecule is Cc1cc(C#N)nnc1N1CC(S(C)(=O)=O)C1. The second-order valence-corrected chi connectivity index (χ2v) is 6.53. The Labute approximate surface area is 99.8 Å². The number of hydrogen-bond donors (Lipinski definition) is 0. The average molecular weight is 252 g/mol. The second-order valence-electron chi connectivity index (χ2n) is 4.20. The summed E-state index contributed by atoms with van der Waals surface area (Å²) in [5.74, 6) is 0.656. The van der Waals surface area contributed by atoms with Gasteiger partial charge in [-0.1, -0.05) is 0 Å². The molecule has 0 aliphatic carbocycles. The molecule has 0 amide bonds. The van der Waals surface area contributed by atoms with Crippen molar-refractivity contribution in [2.75, 3.05) is 24.2 Å². The number of nitriles is 1. The molecule has 0 saturated carbocycles. The fourth-order valence-corrected chi connectivity index (χ4v) is 2.63. The van der Waals surface area contributed by atoms with E-state index in [1.54, 1.807) is 6.07 Å². The third-order valence-electron chi connectivity index (χ3n) is 2.83. The minimum Gasteiger partial charge on any atom is -0.352 e. The van der Waals surface area contributed by atoms with Crippen molar-refractivity contribution < 1.29 is 8.42 Å². The minimum atomic E-state index is -2.97. The smallest absolute Gasteiger partial charge is 0.163 e. The molecule has 6 nitrogen and oxygen atoms in total. The van der Waals surface area contributed by atoms with Gasteiger partial charge in [-0.25, -0.2) is 8.42 Å². The number of nitrogens with zero attached hydrogens (tertiary/aromatic N) is 4. The largest absolute Gasteiger partial charge is 0.352 e. The summed E-state index contributed by atoms with van der Waals surface area (Å²) in [5, 5.41) is 16.0. The zero-order valence-electron chi connectivity index (χ0n) is 9.58. The summed E-state index contributed by atoms with van der Waals surface area (Å²) in [6, 6.07) is 3.56. The number of sulfone groups is 1. The van der Waals surface area contributed by atoms with E-state index in [9.17, 15) is 8.42 Å². The van der Waals surface area contributed by atoms with Crippen LogP contribution in [0.25, 0.3) is 0 Å². The molecule has 1 fully saturated rings. The zero-order chi connectivity index (χ0) is 12.6. The molecule has 0 unspecified atom stereocenters. The van der Waals surface area contributed by atoms with E-state index in [0.717, 1.165) is 5.56 Å². The van der Waals surface area contributed by atoms with Crippen molar-refractivity contribution in [3.63, 3.8) is 0 Å².